The van der Waals surface area contributed by atoms with Gasteiger partial charge in [0.2, 0.25) is 5.75 Å². The molecule has 0 unspecified atom stereocenters. The number of rotatable bonds is 9. The van der Waals surface area contributed by atoms with Gasteiger partial charge in [-0.25, -0.2) is 0 Å². The van der Waals surface area contributed by atoms with Gasteiger partial charge in [0.25, 0.3) is 0 Å². The van der Waals surface area contributed by atoms with Gasteiger partial charge in [-0.1, -0.05) is 19.9 Å². The Morgan fingerprint density at radius 3 is 2.21 bits per heavy atom. The molecular formula is C15H25NO3. The normalized spacial score (nSPS) is 10.6. The standard InChI is InChI=1S/C15H25NO3/c1-12(2)8-9-16-10-11-19-15-13(17-3)6-5-7-14(15)18-4/h5-7,12,16H,8-11H2,1-4H3. The number of methoxy groups -OCH3 is 2. The summed E-state index contributed by atoms with van der Waals surface area (Å²) < 4.78 is 16.3. The van der Waals surface area contributed by atoms with Gasteiger partial charge in [-0.15, -0.1) is 0 Å². The lowest BCUT2D eigenvalue weighted by molar-refractivity contribution is 0.273. The molecule has 0 radical (unpaired) electrons. The summed E-state index contributed by atoms with van der Waals surface area (Å²) in [7, 11) is 3.25. The molecule has 4 heteroatoms. The molecule has 0 aliphatic heterocycles. The predicted octanol–water partition coefficient (Wildman–Crippen LogP) is 2.72. The van der Waals surface area contributed by atoms with Crippen molar-refractivity contribution in [1.82, 2.24) is 5.32 Å². The van der Waals surface area contributed by atoms with E-state index in [0.717, 1.165) is 19.0 Å². The molecule has 19 heavy (non-hydrogen) atoms. The SMILES string of the molecule is COc1cccc(OC)c1OCCNCCC(C)C. The maximum absolute atomic E-state index is 5.74. The average Bonchev–Trinajstić information content (AvgIpc) is 2.42. The molecule has 1 aromatic carbocycles. The van der Waals surface area contributed by atoms with Crippen molar-refractivity contribution >= 4 is 0 Å². The molecule has 108 valence electrons. The second kappa shape index (κ2) is 8.64. The Morgan fingerprint density at radius 1 is 1.05 bits per heavy atom. The van der Waals surface area contributed by atoms with Gasteiger partial charge in [-0.2, -0.15) is 0 Å². The second-order valence-corrected chi connectivity index (χ2v) is 4.77. The molecule has 0 aromatic heterocycles. The predicted molar refractivity (Wildman–Crippen MR) is 77.4 cm³/mol. The van der Waals surface area contributed by atoms with Gasteiger partial charge in [-0.3, -0.25) is 0 Å². The number of para-hydroxylation sites is 1. The van der Waals surface area contributed by atoms with Gasteiger partial charge in [0.15, 0.2) is 11.5 Å². The Kier molecular flexibility index (Phi) is 7.11. The molecule has 1 aromatic rings. The molecule has 0 heterocycles. The fourth-order valence-corrected chi connectivity index (χ4v) is 1.70. The van der Waals surface area contributed by atoms with E-state index in [1.165, 1.54) is 6.42 Å². The van der Waals surface area contributed by atoms with E-state index in [1.54, 1.807) is 14.2 Å². The van der Waals surface area contributed by atoms with Gasteiger partial charge in [0, 0.05) is 6.54 Å². The van der Waals surface area contributed by atoms with Crippen LogP contribution in [0.2, 0.25) is 0 Å². The van der Waals surface area contributed by atoms with Gasteiger partial charge >= 0.3 is 0 Å². The Bertz CT molecular complexity index is 344. The molecule has 0 atom stereocenters. The first kappa shape index (κ1) is 15.6. The van der Waals surface area contributed by atoms with Crippen molar-refractivity contribution in [3.63, 3.8) is 0 Å². The van der Waals surface area contributed by atoms with E-state index in [2.05, 4.69) is 19.2 Å². The lowest BCUT2D eigenvalue weighted by Gasteiger charge is -2.14. The molecule has 0 aliphatic rings. The van der Waals surface area contributed by atoms with Crippen LogP contribution in [0.1, 0.15) is 20.3 Å². The van der Waals surface area contributed by atoms with Crippen molar-refractivity contribution < 1.29 is 14.2 Å². The van der Waals surface area contributed by atoms with Crippen molar-refractivity contribution in [1.29, 1.82) is 0 Å². The number of nitrogens with one attached hydrogen (secondary N) is 1. The second-order valence-electron chi connectivity index (χ2n) is 4.77. The van der Waals surface area contributed by atoms with Crippen LogP contribution in [0.3, 0.4) is 0 Å². The summed E-state index contributed by atoms with van der Waals surface area (Å²) in [5.74, 6) is 2.78. The minimum Gasteiger partial charge on any atom is -0.493 e. The van der Waals surface area contributed by atoms with Crippen molar-refractivity contribution in [3.05, 3.63) is 18.2 Å². The highest BCUT2D eigenvalue weighted by atomic mass is 16.5. The van der Waals surface area contributed by atoms with E-state index in [4.69, 9.17) is 14.2 Å². The van der Waals surface area contributed by atoms with Crippen LogP contribution < -0.4 is 19.5 Å². The summed E-state index contributed by atoms with van der Waals surface area (Å²) >= 11 is 0. The van der Waals surface area contributed by atoms with Crippen LogP contribution in [0.15, 0.2) is 18.2 Å². The quantitative estimate of drug-likeness (QED) is 0.698. The van der Waals surface area contributed by atoms with E-state index < -0.39 is 0 Å². The Labute approximate surface area is 116 Å². The molecule has 0 fully saturated rings. The van der Waals surface area contributed by atoms with Crippen molar-refractivity contribution in [2.75, 3.05) is 33.9 Å². The molecule has 0 amide bonds. The van der Waals surface area contributed by atoms with Crippen LogP contribution in [0.5, 0.6) is 17.2 Å². The molecule has 0 saturated heterocycles. The van der Waals surface area contributed by atoms with Gasteiger partial charge in [-0.05, 0) is 31.0 Å². The minimum atomic E-state index is 0.592. The fourth-order valence-electron chi connectivity index (χ4n) is 1.70. The first-order chi connectivity index (χ1) is 9.19. The third-order valence-corrected chi connectivity index (χ3v) is 2.81. The Balaban J connectivity index is 2.40. The molecule has 1 N–H and O–H groups in total. The molecule has 0 bridgehead atoms. The summed E-state index contributed by atoms with van der Waals surface area (Å²) in [6.45, 7) is 6.86. The summed E-state index contributed by atoms with van der Waals surface area (Å²) in [5, 5.41) is 3.36. The number of ether oxygens (including phenoxy) is 3. The number of hydrogen-bond donors (Lipinski definition) is 1. The van der Waals surface area contributed by atoms with Crippen LogP contribution in [0.4, 0.5) is 0 Å². The number of hydrogen-bond acceptors (Lipinski definition) is 4. The highest BCUT2D eigenvalue weighted by Gasteiger charge is 2.10. The lowest BCUT2D eigenvalue weighted by atomic mass is 10.1. The molecule has 0 spiro atoms. The minimum absolute atomic E-state index is 0.592. The fraction of sp³-hybridized carbons (Fsp3) is 0.600. The molecule has 0 aliphatic carbocycles. The summed E-state index contributed by atoms with van der Waals surface area (Å²) in [6.07, 6.45) is 1.18. The molecule has 1 rings (SSSR count). The third-order valence-electron chi connectivity index (χ3n) is 2.81. The lowest BCUT2D eigenvalue weighted by Crippen LogP contribution is -2.23. The zero-order valence-electron chi connectivity index (χ0n) is 12.4. The van der Waals surface area contributed by atoms with Crippen LogP contribution in [-0.4, -0.2) is 33.9 Å². The van der Waals surface area contributed by atoms with Gasteiger partial charge in [0.05, 0.1) is 14.2 Å². The summed E-state index contributed by atoms with van der Waals surface area (Å²) in [4.78, 5) is 0. The molecule has 4 nitrogen and oxygen atoms in total. The van der Waals surface area contributed by atoms with E-state index in [9.17, 15) is 0 Å². The Morgan fingerprint density at radius 2 is 1.68 bits per heavy atom. The van der Waals surface area contributed by atoms with E-state index in [1.807, 2.05) is 18.2 Å². The maximum Gasteiger partial charge on any atom is 0.203 e. The van der Waals surface area contributed by atoms with Crippen molar-refractivity contribution in [2.45, 2.75) is 20.3 Å². The first-order valence-electron chi connectivity index (χ1n) is 6.73. The maximum atomic E-state index is 5.74. The van der Waals surface area contributed by atoms with Gasteiger partial charge < -0.3 is 19.5 Å². The zero-order valence-corrected chi connectivity index (χ0v) is 12.4. The van der Waals surface area contributed by atoms with E-state index >= 15 is 0 Å². The summed E-state index contributed by atoms with van der Waals surface area (Å²) in [5.41, 5.74) is 0. The number of benzene rings is 1. The van der Waals surface area contributed by atoms with Crippen molar-refractivity contribution in [2.24, 2.45) is 5.92 Å². The van der Waals surface area contributed by atoms with Crippen LogP contribution in [-0.2, 0) is 0 Å². The Hall–Kier alpha value is -1.42. The first-order valence-corrected chi connectivity index (χ1v) is 6.73. The molecular weight excluding hydrogens is 242 g/mol. The topological polar surface area (TPSA) is 39.7 Å². The van der Waals surface area contributed by atoms with Crippen LogP contribution in [0.25, 0.3) is 0 Å². The van der Waals surface area contributed by atoms with Crippen molar-refractivity contribution in [3.8, 4) is 17.2 Å². The highest BCUT2D eigenvalue weighted by molar-refractivity contribution is 5.51. The van der Waals surface area contributed by atoms with E-state index in [-0.39, 0.29) is 0 Å². The molecule has 0 saturated carbocycles. The van der Waals surface area contributed by atoms with E-state index in [0.29, 0.717) is 23.9 Å². The van der Waals surface area contributed by atoms with Crippen LogP contribution in [0, 0.1) is 5.92 Å². The average molecular weight is 267 g/mol. The zero-order chi connectivity index (χ0) is 14.1. The monoisotopic (exact) mass is 267 g/mol. The third kappa shape index (κ3) is 5.39. The largest absolute Gasteiger partial charge is 0.493 e. The van der Waals surface area contributed by atoms with Crippen LogP contribution >= 0.6 is 0 Å². The van der Waals surface area contributed by atoms with Gasteiger partial charge in [0.1, 0.15) is 6.61 Å². The highest BCUT2D eigenvalue weighted by Crippen LogP contribution is 2.36. The summed E-state index contributed by atoms with van der Waals surface area (Å²) in [6, 6.07) is 5.61. The smallest absolute Gasteiger partial charge is 0.203 e.